The van der Waals surface area contributed by atoms with Crippen molar-refractivity contribution in [1.29, 1.82) is 0 Å². The molecule has 1 saturated carbocycles. The average Bonchev–Trinajstić information content (AvgIpc) is 3.24. The molecular formula is C17H22N2O3. The van der Waals surface area contributed by atoms with E-state index in [1.165, 1.54) is 0 Å². The Morgan fingerprint density at radius 1 is 1.41 bits per heavy atom. The number of amides is 2. The predicted octanol–water partition coefficient (Wildman–Crippen LogP) is 2.17. The average molecular weight is 302 g/mol. The molecule has 22 heavy (non-hydrogen) atoms. The van der Waals surface area contributed by atoms with Crippen LogP contribution in [-0.2, 0) is 9.59 Å². The second-order valence-corrected chi connectivity index (χ2v) is 6.63. The summed E-state index contributed by atoms with van der Waals surface area (Å²) in [7, 11) is 0. The Balaban J connectivity index is 1.79. The summed E-state index contributed by atoms with van der Waals surface area (Å²) in [6.45, 7) is 5.87. The van der Waals surface area contributed by atoms with E-state index >= 15 is 0 Å². The first-order chi connectivity index (χ1) is 10.4. The normalized spacial score (nSPS) is 19.4. The molecule has 3 rings (SSSR count). The molecule has 0 unspecified atom stereocenters. The number of hydrogen-bond acceptors (Lipinski definition) is 3. The topological polar surface area (TPSA) is 58.6 Å². The molecule has 1 aliphatic carbocycles. The van der Waals surface area contributed by atoms with E-state index in [1.54, 1.807) is 18.7 Å². The molecule has 2 aliphatic rings. The molecule has 1 N–H and O–H groups in total. The van der Waals surface area contributed by atoms with Crippen molar-refractivity contribution in [3.05, 3.63) is 23.8 Å². The summed E-state index contributed by atoms with van der Waals surface area (Å²) < 4.78 is 5.81. The summed E-state index contributed by atoms with van der Waals surface area (Å²) >= 11 is 0. The molecule has 5 heteroatoms. The Bertz CT molecular complexity index is 620. The number of carbonyl (C=O) groups is 2. The Kier molecular flexibility index (Phi) is 3.59. The van der Waals surface area contributed by atoms with E-state index < -0.39 is 5.60 Å². The highest BCUT2D eigenvalue weighted by atomic mass is 16.5. The van der Waals surface area contributed by atoms with Crippen molar-refractivity contribution in [3.8, 4) is 5.75 Å². The maximum Gasteiger partial charge on any atom is 0.270 e. The molecule has 1 heterocycles. The highest BCUT2D eigenvalue weighted by Crippen LogP contribution is 2.38. The molecule has 2 amide bonds. The molecule has 0 atom stereocenters. The summed E-state index contributed by atoms with van der Waals surface area (Å²) in [5.41, 5.74) is 0.903. The monoisotopic (exact) mass is 302 g/mol. The van der Waals surface area contributed by atoms with Gasteiger partial charge in [-0.1, -0.05) is 6.07 Å². The standard InChI is InChI=1S/C17H22N2O3/c1-11-4-7-14-13(10-11)19(16(21)17(2,3)22-14)9-8-15(20)18-12-5-6-12/h4,7,10,12H,5-6,8-9H2,1-3H3,(H,18,20). The van der Waals surface area contributed by atoms with Gasteiger partial charge in [0.05, 0.1) is 5.69 Å². The van der Waals surface area contributed by atoms with Crippen LogP contribution in [-0.4, -0.2) is 30.0 Å². The second kappa shape index (κ2) is 5.30. The Morgan fingerprint density at radius 3 is 2.82 bits per heavy atom. The summed E-state index contributed by atoms with van der Waals surface area (Å²) in [4.78, 5) is 26.2. The van der Waals surface area contributed by atoms with Crippen molar-refractivity contribution in [2.75, 3.05) is 11.4 Å². The van der Waals surface area contributed by atoms with Gasteiger partial charge in [0.1, 0.15) is 5.75 Å². The van der Waals surface area contributed by atoms with Gasteiger partial charge in [-0.25, -0.2) is 0 Å². The largest absolute Gasteiger partial charge is 0.476 e. The van der Waals surface area contributed by atoms with E-state index in [0.717, 1.165) is 24.1 Å². The Morgan fingerprint density at radius 2 is 2.14 bits per heavy atom. The number of ether oxygens (including phenoxy) is 1. The van der Waals surface area contributed by atoms with Crippen LogP contribution in [0.3, 0.4) is 0 Å². The summed E-state index contributed by atoms with van der Waals surface area (Å²) in [5.74, 6) is 0.594. The lowest BCUT2D eigenvalue weighted by Crippen LogP contribution is -2.53. The van der Waals surface area contributed by atoms with Crippen molar-refractivity contribution in [2.45, 2.75) is 51.7 Å². The quantitative estimate of drug-likeness (QED) is 0.927. The molecule has 5 nitrogen and oxygen atoms in total. The van der Waals surface area contributed by atoms with Crippen molar-refractivity contribution in [3.63, 3.8) is 0 Å². The van der Waals surface area contributed by atoms with E-state index in [2.05, 4.69) is 5.32 Å². The third-order valence-electron chi connectivity index (χ3n) is 4.04. The summed E-state index contributed by atoms with van der Waals surface area (Å²) in [6, 6.07) is 6.12. The molecule has 0 bridgehead atoms. The highest BCUT2D eigenvalue weighted by Gasteiger charge is 2.40. The van der Waals surface area contributed by atoms with Gasteiger partial charge in [-0.05, 0) is 51.3 Å². The number of nitrogens with one attached hydrogen (secondary N) is 1. The number of rotatable bonds is 4. The van der Waals surface area contributed by atoms with Gasteiger partial charge >= 0.3 is 0 Å². The van der Waals surface area contributed by atoms with Crippen molar-refractivity contribution < 1.29 is 14.3 Å². The van der Waals surface area contributed by atoms with Gasteiger partial charge in [0.15, 0.2) is 5.60 Å². The molecule has 0 aromatic heterocycles. The van der Waals surface area contributed by atoms with E-state index in [1.807, 2.05) is 25.1 Å². The molecule has 1 aromatic carbocycles. The van der Waals surface area contributed by atoms with Crippen LogP contribution in [0.15, 0.2) is 18.2 Å². The first kappa shape index (κ1) is 14.9. The van der Waals surface area contributed by atoms with Gasteiger partial charge in [0.2, 0.25) is 5.91 Å². The van der Waals surface area contributed by atoms with Gasteiger partial charge < -0.3 is 15.0 Å². The number of fused-ring (bicyclic) bond motifs is 1. The minimum atomic E-state index is -0.908. The zero-order valence-corrected chi connectivity index (χ0v) is 13.3. The van der Waals surface area contributed by atoms with E-state index in [4.69, 9.17) is 4.74 Å². The molecule has 1 aliphatic heterocycles. The minimum absolute atomic E-state index is 0.00815. The lowest BCUT2D eigenvalue weighted by atomic mass is 10.0. The molecule has 1 aromatic rings. The van der Waals surface area contributed by atoms with Gasteiger partial charge in [-0.2, -0.15) is 0 Å². The third kappa shape index (κ3) is 2.93. The van der Waals surface area contributed by atoms with Gasteiger partial charge in [-0.15, -0.1) is 0 Å². The number of hydrogen-bond donors (Lipinski definition) is 1. The van der Waals surface area contributed by atoms with Gasteiger partial charge in [-0.3, -0.25) is 9.59 Å². The number of anilines is 1. The summed E-state index contributed by atoms with van der Waals surface area (Å²) in [6.07, 6.45) is 2.44. The maximum atomic E-state index is 12.6. The smallest absolute Gasteiger partial charge is 0.270 e. The maximum absolute atomic E-state index is 12.6. The number of carbonyl (C=O) groups excluding carboxylic acids is 2. The molecule has 118 valence electrons. The van der Waals surface area contributed by atoms with Crippen molar-refractivity contribution >= 4 is 17.5 Å². The van der Waals surface area contributed by atoms with E-state index in [0.29, 0.717) is 24.8 Å². The molecule has 0 spiro atoms. The predicted molar refractivity (Wildman–Crippen MR) is 84.0 cm³/mol. The van der Waals surface area contributed by atoms with Crippen LogP contribution in [0.1, 0.15) is 38.7 Å². The fourth-order valence-electron chi connectivity index (χ4n) is 2.64. The van der Waals surface area contributed by atoms with E-state index in [9.17, 15) is 9.59 Å². The van der Waals surface area contributed by atoms with Gasteiger partial charge in [0, 0.05) is 19.0 Å². The van der Waals surface area contributed by atoms with Crippen LogP contribution in [0, 0.1) is 6.92 Å². The third-order valence-corrected chi connectivity index (χ3v) is 4.04. The Hall–Kier alpha value is -2.04. The van der Waals surface area contributed by atoms with Crippen LogP contribution in [0.5, 0.6) is 5.75 Å². The zero-order chi connectivity index (χ0) is 15.9. The SMILES string of the molecule is Cc1ccc2c(c1)N(CCC(=O)NC1CC1)C(=O)C(C)(C)O2. The number of benzene rings is 1. The number of aryl methyl sites for hydroxylation is 1. The molecule has 0 saturated heterocycles. The fraction of sp³-hybridized carbons (Fsp3) is 0.529. The Labute approximate surface area is 130 Å². The summed E-state index contributed by atoms with van der Waals surface area (Å²) in [5, 5.41) is 2.96. The lowest BCUT2D eigenvalue weighted by molar-refractivity contribution is -0.132. The fourth-order valence-corrected chi connectivity index (χ4v) is 2.64. The van der Waals surface area contributed by atoms with Crippen molar-refractivity contribution in [1.82, 2.24) is 5.32 Å². The zero-order valence-electron chi connectivity index (χ0n) is 13.3. The minimum Gasteiger partial charge on any atom is -0.476 e. The molecular weight excluding hydrogens is 280 g/mol. The number of nitrogens with zero attached hydrogens (tertiary/aromatic N) is 1. The first-order valence-corrected chi connectivity index (χ1v) is 7.78. The van der Waals surface area contributed by atoms with Gasteiger partial charge in [0.25, 0.3) is 5.91 Å². The highest BCUT2D eigenvalue weighted by molar-refractivity contribution is 6.02. The molecule has 1 fully saturated rings. The molecule has 0 radical (unpaired) electrons. The van der Waals surface area contributed by atoms with Crippen LogP contribution in [0.4, 0.5) is 5.69 Å². The lowest BCUT2D eigenvalue weighted by Gasteiger charge is -2.38. The van der Waals surface area contributed by atoms with Crippen LogP contribution in [0.2, 0.25) is 0 Å². The van der Waals surface area contributed by atoms with Crippen molar-refractivity contribution in [2.24, 2.45) is 0 Å². The second-order valence-electron chi connectivity index (χ2n) is 6.63. The van der Waals surface area contributed by atoms with Crippen LogP contribution in [0.25, 0.3) is 0 Å². The van der Waals surface area contributed by atoms with Crippen LogP contribution >= 0.6 is 0 Å². The van der Waals surface area contributed by atoms with Crippen LogP contribution < -0.4 is 15.0 Å². The first-order valence-electron chi connectivity index (χ1n) is 7.78. The van der Waals surface area contributed by atoms with E-state index in [-0.39, 0.29) is 11.8 Å².